The Kier molecular flexibility index (Phi) is 6.78. The summed E-state index contributed by atoms with van der Waals surface area (Å²) in [6, 6.07) is 18.9. The van der Waals surface area contributed by atoms with Crippen LogP contribution in [0.4, 0.5) is 0 Å². The zero-order valence-electron chi connectivity index (χ0n) is 18.7. The molecule has 0 bridgehead atoms. The maximum atomic E-state index is 13.6. The zero-order chi connectivity index (χ0) is 23.4. The molecule has 2 heterocycles. The number of amides is 1. The van der Waals surface area contributed by atoms with Gasteiger partial charge in [0, 0.05) is 31.2 Å². The van der Waals surface area contributed by atoms with Gasteiger partial charge in [0.25, 0.3) is 5.91 Å². The summed E-state index contributed by atoms with van der Waals surface area (Å²) < 4.78 is 7.19. The molecule has 3 N–H and O–H groups in total. The molecule has 1 atom stereocenters. The fourth-order valence-electron chi connectivity index (χ4n) is 4.42. The lowest BCUT2D eigenvalue weighted by molar-refractivity contribution is 0.0697. The van der Waals surface area contributed by atoms with E-state index in [1.54, 1.807) is 24.1 Å². The number of aliphatic hydroxyl groups excluding tert-OH is 1. The van der Waals surface area contributed by atoms with Gasteiger partial charge in [-0.1, -0.05) is 12.1 Å². The van der Waals surface area contributed by atoms with Gasteiger partial charge in [-0.2, -0.15) is 5.26 Å². The van der Waals surface area contributed by atoms with Crippen LogP contribution in [0.1, 0.15) is 28.9 Å². The number of piperidine rings is 1. The Morgan fingerprint density at radius 1 is 1.18 bits per heavy atom. The highest BCUT2D eigenvalue weighted by atomic mass is 16.5. The topological polar surface area (TPSA) is 105 Å². The lowest BCUT2D eigenvalue weighted by Crippen LogP contribution is -2.46. The van der Waals surface area contributed by atoms with Gasteiger partial charge in [-0.25, -0.2) is 0 Å². The van der Waals surface area contributed by atoms with E-state index in [0.29, 0.717) is 24.3 Å². The van der Waals surface area contributed by atoms with Crippen molar-refractivity contribution in [2.24, 2.45) is 5.73 Å². The summed E-state index contributed by atoms with van der Waals surface area (Å²) in [7, 11) is 1.62. The highest BCUT2D eigenvalue weighted by Crippen LogP contribution is 2.37. The number of hydrogen-bond acceptors (Lipinski definition) is 5. The first-order chi connectivity index (χ1) is 16.0. The quantitative estimate of drug-likeness (QED) is 0.607. The number of likely N-dealkylation sites (tertiary alicyclic amines) is 1. The molecule has 7 nitrogen and oxygen atoms in total. The number of methoxy groups -OCH3 is 1. The number of carbonyl (C=O) groups excluding carboxylic acids is 1. The molecule has 170 valence electrons. The second-order valence-electron chi connectivity index (χ2n) is 8.24. The van der Waals surface area contributed by atoms with Crippen LogP contribution in [0.15, 0.2) is 54.6 Å². The molecule has 0 radical (unpaired) electrons. The molecular formula is C26H28N4O3. The van der Waals surface area contributed by atoms with E-state index in [2.05, 4.69) is 6.07 Å². The monoisotopic (exact) mass is 444 g/mol. The number of aromatic nitrogens is 1. The largest absolute Gasteiger partial charge is 0.497 e. The summed E-state index contributed by atoms with van der Waals surface area (Å²) in [5, 5.41) is 19.0. The molecular weight excluding hydrogens is 416 g/mol. The number of nitrogens with two attached hydrogens (primary N) is 1. The highest BCUT2D eigenvalue weighted by Gasteiger charge is 2.28. The third kappa shape index (κ3) is 4.63. The van der Waals surface area contributed by atoms with Crippen LogP contribution in [0, 0.1) is 11.3 Å². The normalized spacial score (nSPS) is 15.8. The Morgan fingerprint density at radius 3 is 2.48 bits per heavy atom. The maximum Gasteiger partial charge on any atom is 0.270 e. The van der Waals surface area contributed by atoms with Crippen molar-refractivity contribution in [1.82, 2.24) is 9.47 Å². The molecule has 1 aliphatic heterocycles. The van der Waals surface area contributed by atoms with Gasteiger partial charge in [0.15, 0.2) is 0 Å². The molecule has 2 aromatic carbocycles. The lowest BCUT2D eigenvalue weighted by atomic mass is 10.00. The van der Waals surface area contributed by atoms with Gasteiger partial charge in [-0.3, -0.25) is 4.79 Å². The van der Waals surface area contributed by atoms with E-state index in [1.807, 2.05) is 47.0 Å². The SMILES string of the molecule is COc1ccc(-c2c(-c3ccc(C#N)cc3)cc(C(=O)N3CCCC(N)C3)n2CCO)cc1. The second-order valence-corrected chi connectivity index (χ2v) is 8.24. The van der Waals surface area contributed by atoms with Crippen molar-refractivity contribution in [1.29, 1.82) is 5.26 Å². The van der Waals surface area contributed by atoms with Crippen LogP contribution < -0.4 is 10.5 Å². The van der Waals surface area contributed by atoms with Gasteiger partial charge < -0.3 is 25.0 Å². The Balaban J connectivity index is 1.88. The van der Waals surface area contributed by atoms with Gasteiger partial charge in [-0.15, -0.1) is 0 Å². The maximum absolute atomic E-state index is 13.6. The first-order valence-corrected chi connectivity index (χ1v) is 11.1. The van der Waals surface area contributed by atoms with Gasteiger partial charge in [0.1, 0.15) is 11.4 Å². The summed E-state index contributed by atoms with van der Waals surface area (Å²) in [5.74, 6) is 0.644. The van der Waals surface area contributed by atoms with Gasteiger partial charge >= 0.3 is 0 Å². The van der Waals surface area contributed by atoms with Gasteiger partial charge in [-0.05, 0) is 66.4 Å². The number of hydrogen-bond donors (Lipinski definition) is 2. The molecule has 1 fully saturated rings. The fourth-order valence-corrected chi connectivity index (χ4v) is 4.42. The first kappa shape index (κ1) is 22.6. The van der Waals surface area contributed by atoms with Crippen molar-refractivity contribution < 1.29 is 14.6 Å². The van der Waals surface area contributed by atoms with Crippen LogP contribution in [0.3, 0.4) is 0 Å². The summed E-state index contributed by atoms with van der Waals surface area (Å²) in [6.45, 7) is 1.36. The van der Waals surface area contributed by atoms with Crippen LogP contribution in [0.5, 0.6) is 5.75 Å². The smallest absolute Gasteiger partial charge is 0.270 e. The van der Waals surface area contributed by atoms with Crippen LogP contribution in [0.25, 0.3) is 22.4 Å². The van der Waals surface area contributed by atoms with E-state index in [-0.39, 0.29) is 25.1 Å². The van der Waals surface area contributed by atoms with E-state index in [0.717, 1.165) is 41.0 Å². The minimum absolute atomic E-state index is 0.0250. The minimum atomic E-state index is -0.107. The molecule has 4 rings (SSSR count). The third-order valence-corrected chi connectivity index (χ3v) is 6.07. The fraction of sp³-hybridized carbons (Fsp3) is 0.308. The van der Waals surface area contributed by atoms with Crippen molar-refractivity contribution in [2.45, 2.75) is 25.4 Å². The molecule has 1 amide bonds. The number of rotatable bonds is 6. The van der Waals surface area contributed by atoms with Crippen molar-refractivity contribution in [3.8, 4) is 34.2 Å². The molecule has 1 aromatic heterocycles. The van der Waals surface area contributed by atoms with E-state index in [4.69, 9.17) is 10.5 Å². The molecule has 0 aliphatic carbocycles. The Morgan fingerprint density at radius 2 is 1.88 bits per heavy atom. The number of aliphatic hydroxyl groups is 1. The minimum Gasteiger partial charge on any atom is -0.497 e. The van der Waals surface area contributed by atoms with Gasteiger partial charge in [0.05, 0.1) is 31.0 Å². The number of ether oxygens (including phenoxy) is 1. The second kappa shape index (κ2) is 9.90. The van der Waals surface area contributed by atoms with Crippen LogP contribution in [0.2, 0.25) is 0 Å². The molecule has 1 saturated heterocycles. The molecule has 0 saturated carbocycles. The molecule has 3 aromatic rings. The van der Waals surface area contributed by atoms with Crippen molar-refractivity contribution in [3.63, 3.8) is 0 Å². The predicted octanol–water partition coefficient (Wildman–Crippen LogP) is 3.26. The molecule has 1 aliphatic rings. The predicted molar refractivity (Wildman–Crippen MR) is 127 cm³/mol. The van der Waals surface area contributed by atoms with Crippen molar-refractivity contribution >= 4 is 5.91 Å². The average molecular weight is 445 g/mol. The van der Waals surface area contributed by atoms with Crippen LogP contribution in [-0.4, -0.2) is 53.3 Å². The summed E-state index contributed by atoms with van der Waals surface area (Å²) in [4.78, 5) is 15.4. The summed E-state index contributed by atoms with van der Waals surface area (Å²) in [6.07, 6.45) is 1.79. The number of nitrogens with zero attached hydrogens (tertiary/aromatic N) is 3. The van der Waals surface area contributed by atoms with Crippen LogP contribution >= 0.6 is 0 Å². The van der Waals surface area contributed by atoms with E-state index < -0.39 is 0 Å². The first-order valence-electron chi connectivity index (χ1n) is 11.1. The zero-order valence-corrected chi connectivity index (χ0v) is 18.7. The lowest BCUT2D eigenvalue weighted by Gasteiger charge is -2.31. The highest BCUT2D eigenvalue weighted by molar-refractivity contribution is 5.98. The average Bonchev–Trinajstić information content (AvgIpc) is 3.23. The molecule has 7 heteroatoms. The molecule has 1 unspecified atom stereocenters. The third-order valence-electron chi connectivity index (χ3n) is 6.07. The Bertz CT molecular complexity index is 1160. The van der Waals surface area contributed by atoms with Crippen molar-refractivity contribution in [3.05, 3.63) is 65.9 Å². The number of benzene rings is 2. The summed E-state index contributed by atoms with van der Waals surface area (Å²) >= 11 is 0. The Labute approximate surface area is 193 Å². The van der Waals surface area contributed by atoms with Crippen molar-refractivity contribution in [2.75, 3.05) is 26.8 Å². The number of nitriles is 1. The molecule has 33 heavy (non-hydrogen) atoms. The van der Waals surface area contributed by atoms with E-state index in [1.165, 1.54) is 0 Å². The van der Waals surface area contributed by atoms with Gasteiger partial charge in [0.2, 0.25) is 0 Å². The Hall–Kier alpha value is -3.60. The summed E-state index contributed by atoms with van der Waals surface area (Å²) in [5.41, 5.74) is 10.7. The van der Waals surface area contributed by atoms with E-state index >= 15 is 0 Å². The molecule has 0 spiro atoms. The van der Waals surface area contributed by atoms with E-state index in [9.17, 15) is 15.2 Å². The standard InChI is InChI=1S/C26H28N4O3/c1-33-22-10-8-20(9-11-22)25-23(19-6-4-18(16-27)5-7-19)15-24(30(25)13-14-31)26(32)29-12-2-3-21(28)17-29/h4-11,15,21,31H,2-3,12-14,17,28H2,1H3. The number of carbonyl (C=O) groups is 1. The van der Waals surface area contributed by atoms with Crippen LogP contribution in [-0.2, 0) is 6.54 Å².